The van der Waals surface area contributed by atoms with E-state index in [-0.39, 0.29) is 30.5 Å². The van der Waals surface area contributed by atoms with Gasteiger partial charge < -0.3 is 20.6 Å². The minimum Gasteiger partial charge on any atom is -0.386 e. The Kier molecular flexibility index (Phi) is 10.0. The molecule has 3 N–H and O–H groups in total. The Morgan fingerprint density at radius 3 is 2.45 bits per heavy atom. The summed E-state index contributed by atoms with van der Waals surface area (Å²) in [5.41, 5.74) is 1.99. The lowest BCUT2D eigenvalue weighted by Gasteiger charge is -2.34. The van der Waals surface area contributed by atoms with Gasteiger partial charge in [-0.15, -0.1) is 24.0 Å². The second-order valence-electron chi connectivity index (χ2n) is 7.00. The summed E-state index contributed by atoms with van der Waals surface area (Å²) in [6.07, 6.45) is 1.38. The van der Waals surface area contributed by atoms with Crippen LogP contribution in [-0.2, 0) is 0 Å². The third-order valence-electron chi connectivity index (χ3n) is 4.99. The lowest BCUT2D eigenvalue weighted by molar-refractivity contribution is 0.187. The number of halogens is 2. The van der Waals surface area contributed by atoms with Crippen molar-refractivity contribution >= 4 is 47.2 Å². The van der Waals surface area contributed by atoms with Crippen molar-refractivity contribution in [1.29, 1.82) is 0 Å². The first-order valence-corrected chi connectivity index (χ1v) is 10.3. The highest BCUT2D eigenvalue weighted by Gasteiger charge is 2.20. The predicted molar refractivity (Wildman–Crippen MR) is 133 cm³/mol. The number of para-hydroxylation sites is 1. The van der Waals surface area contributed by atoms with Crippen LogP contribution >= 0.6 is 35.6 Å². The van der Waals surface area contributed by atoms with Gasteiger partial charge in [0.1, 0.15) is 6.10 Å². The van der Waals surface area contributed by atoms with E-state index >= 15 is 0 Å². The number of aliphatic hydroxyl groups is 1. The second-order valence-corrected chi connectivity index (χ2v) is 7.41. The maximum Gasteiger partial charge on any atom is 0.191 e. The summed E-state index contributed by atoms with van der Waals surface area (Å²) in [6.45, 7) is 5.12. The number of piperidine rings is 1. The molecule has 7 heteroatoms. The van der Waals surface area contributed by atoms with E-state index < -0.39 is 6.10 Å². The number of hydrogen-bond acceptors (Lipinski definition) is 3. The van der Waals surface area contributed by atoms with Gasteiger partial charge in [0.05, 0.1) is 6.54 Å². The summed E-state index contributed by atoms with van der Waals surface area (Å²) < 4.78 is 0. The van der Waals surface area contributed by atoms with E-state index in [1.807, 2.05) is 31.2 Å². The Bertz CT molecular complexity index is 766. The molecule has 1 saturated heterocycles. The van der Waals surface area contributed by atoms with Gasteiger partial charge in [-0.1, -0.05) is 48.0 Å². The molecule has 2 aromatic carbocycles. The van der Waals surface area contributed by atoms with Gasteiger partial charge in [-0.05, 0) is 38.0 Å². The molecule has 1 fully saturated rings. The zero-order valence-electron chi connectivity index (χ0n) is 16.7. The fourth-order valence-corrected chi connectivity index (χ4v) is 3.72. The number of anilines is 1. The number of nitrogens with zero attached hydrogens (tertiary/aromatic N) is 2. The van der Waals surface area contributed by atoms with Crippen molar-refractivity contribution in [3.8, 4) is 0 Å². The molecular formula is C22H30ClIN4O. The fraction of sp³-hybridized carbons (Fsp3) is 0.409. The quantitative estimate of drug-likeness (QED) is 0.299. The Morgan fingerprint density at radius 1 is 1.14 bits per heavy atom. The molecule has 1 heterocycles. The van der Waals surface area contributed by atoms with Gasteiger partial charge in [0.25, 0.3) is 0 Å². The Morgan fingerprint density at radius 2 is 1.79 bits per heavy atom. The van der Waals surface area contributed by atoms with Crippen LogP contribution < -0.4 is 15.5 Å². The smallest absolute Gasteiger partial charge is 0.191 e. The largest absolute Gasteiger partial charge is 0.386 e. The standard InChI is InChI=1S/C22H29ClN4O.HI/c1-2-24-22(25-16-21(28)19-10-6-7-11-20(19)23)26-17-12-14-27(15-13-17)18-8-4-3-5-9-18;/h3-11,17,21,28H,2,12-16H2,1H3,(H2,24,25,26);1H. The Hall–Kier alpha value is -1.51. The van der Waals surface area contributed by atoms with Crippen LogP contribution in [0.5, 0.6) is 0 Å². The zero-order chi connectivity index (χ0) is 19.8. The van der Waals surface area contributed by atoms with Crippen molar-refractivity contribution < 1.29 is 5.11 Å². The van der Waals surface area contributed by atoms with E-state index in [4.69, 9.17) is 11.6 Å². The van der Waals surface area contributed by atoms with Gasteiger partial charge in [-0.2, -0.15) is 0 Å². The lowest BCUT2D eigenvalue weighted by Crippen LogP contribution is -2.48. The summed E-state index contributed by atoms with van der Waals surface area (Å²) >= 11 is 6.17. The average molecular weight is 529 g/mol. The van der Waals surface area contributed by atoms with Gasteiger partial charge in [0.2, 0.25) is 0 Å². The first kappa shape index (κ1) is 23.8. The maximum absolute atomic E-state index is 10.4. The molecule has 0 spiro atoms. The summed E-state index contributed by atoms with van der Waals surface area (Å²) in [5.74, 6) is 0.742. The van der Waals surface area contributed by atoms with E-state index in [2.05, 4.69) is 44.8 Å². The molecule has 1 aliphatic heterocycles. The summed E-state index contributed by atoms with van der Waals surface area (Å²) in [4.78, 5) is 6.99. The zero-order valence-corrected chi connectivity index (χ0v) is 19.8. The monoisotopic (exact) mass is 528 g/mol. The van der Waals surface area contributed by atoms with Crippen molar-refractivity contribution in [2.45, 2.75) is 31.9 Å². The van der Waals surface area contributed by atoms with Crippen molar-refractivity contribution in [2.24, 2.45) is 4.99 Å². The molecule has 0 radical (unpaired) electrons. The molecule has 3 rings (SSSR count). The van der Waals surface area contributed by atoms with Gasteiger partial charge in [-0.3, -0.25) is 4.99 Å². The number of hydrogen-bond donors (Lipinski definition) is 3. The molecular weight excluding hydrogens is 499 g/mol. The minimum atomic E-state index is -0.718. The van der Waals surface area contributed by atoms with E-state index in [1.54, 1.807) is 6.07 Å². The van der Waals surface area contributed by atoms with Gasteiger partial charge in [0, 0.05) is 41.9 Å². The molecule has 0 bridgehead atoms. The number of aliphatic imine (C=N–C) groups is 1. The van der Waals surface area contributed by atoms with Crippen LogP contribution in [0.3, 0.4) is 0 Å². The molecule has 0 amide bonds. The number of nitrogens with one attached hydrogen (secondary N) is 2. The highest BCUT2D eigenvalue weighted by atomic mass is 127. The molecule has 0 saturated carbocycles. The molecule has 0 aromatic heterocycles. The van der Waals surface area contributed by atoms with Gasteiger partial charge in [0.15, 0.2) is 5.96 Å². The molecule has 5 nitrogen and oxygen atoms in total. The van der Waals surface area contributed by atoms with Crippen molar-refractivity contribution in [2.75, 3.05) is 31.1 Å². The molecule has 2 aromatic rings. The first-order chi connectivity index (χ1) is 13.7. The third-order valence-corrected chi connectivity index (χ3v) is 5.33. The number of guanidine groups is 1. The van der Waals surface area contributed by atoms with Crippen LogP contribution in [0.4, 0.5) is 5.69 Å². The van der Waals surface area contributed by atoms with Crippen LogP contribution in [0.25, 0.3) is 0 Å². The van der Waals surface area contributed by atoms with E-state index in [0.717, 1.165) is 38.4 Å². The van der Waals surface area contributed by atoms with E-state index in [0.29, 0.717) is 16.6 Å². The SMILES string of the molecule is CCNC(=NCC(O)c1ccccc1Cl)NC1CCN(c2ccccc2)CC1.I. The van der Waals surface area contributed by atoms with Crippen LogP contribution in [-0.4, -0.2) is 43.3 Å². The van der Waals surface area contributed by atoms with Crippen LogP contribution in [0.2, 0.25) is 5.02 Å². The van der Waals surface area contributed by atoms with Crippen molar-refractivity contribution in [3.05, 3.63) is 65.2 Å². The lowest BCUT2D eigenvalue weighted by atomic mass is 10.0. The molecule has 1 aliphatic rings. The van der Waals surface area contributed by atoms with E-state index in [9.17, 15) is 5.11 Å². The highest BCUT2D eigenvalue weighted by molar-refractivity contribution is 14.0. The molecule has 1 unspecified atom stereocenters. The van der Waals surface area contributed by atoms with Crippen molar-refractivity contribution in [1.82, 2.24) is 10.6 Å². The Balaban J connectivity index is 0.00000300. The van der Waals surface area contributed by atoms with Gasteiger partial charge in [-0.25, -0.2) is 0 Å². The van der Waals surface area contributed by atoms with Gasteiger partial charge >= 0.3 is 0 Å². The molecule has 29 heavy (non-hydrogen) atoms. The number of aliphatic hydroxyl groups excluding tert-OH is 1. The minimum absolute atomic E-state index is 0. The average Bonchev–Trinajstić information content (AvgIpc) is 2.73. The normalized spacial score (nSPS) is 16.1. The molecule has 158 valence electrons. The van der Waals surface area contributed by atoms with Crippen LogP contribution in [0.1, 0.15) is 31.4 Å². The van der Waals surface area contributed by atoms with Crippen molar-refractivity contribution in [3.63, 3.8) is 0 Å². The summed E-state index contributed by atoms with van der Waals surface area (Å²) in [6, 6.07) is 18.3. The molecule has 0 aliphatic carbocycles. The van der Waals surface area contributed by atoms with Crippen LogP contribution in [0.15, 0.2) is 59.6 Å². The molecule has 1 atom stereocenters. The summed E-state index contributed by atoms with van der Waals surface area (Å²) in [7, 11) is 0. The second kappa shape index (κ2) is 12.2. The highest BCUT2D eigenvalue weighted by Crippen LogP contribution is 2.23. The van der Waals surface area contributed by atoms with E-state index in [1.165, 1.54) is 5.69 Å². The number of benzene rings is 2. The maximum atomic E-state index is 10.4. The topological polar surface area (TPSA) is 59.9 Å². The number of rotatable bonds is 6. The summed E-state index contributed by atoms with van der Waals surface area (Å²) in [5, 5.41) is 17.8. The first-order valence-electron chi connectivity index (χ1n) is 9.94. The fourth-order valence-electron chi connectivity index (χ4n) is 3.46. The van der Waals surface area contributed by atoms with Crippen LogP contribution in [0, 0.1) is 0 Å². The Labute approximate surface area is 195 Å². The third kappa shape index (κ3) is 7.04. The predicted octanol–water partition coefficient (Wildman–Crippen LogP) is 4.22.